The summed E-state index contributed by atoms with van der Waals surface area (Å²) < 4.78 is 16.7. The van der Waals surface area contributed by atoms with E-state index in [0.29, 0.717) is 19.3 Å². The highest BCUT2D eigenvalue weighted by Crippen LogP contribution is 2.25. The molecule has 2 aromatic rings. The fraction of sp³-hybridized carbons (Fsp3) is 0.524. The van der Waals surface area contributed by atoms with E-state index in [1.165, 1.54) is 0 Å². The summed E-state index contributed by atoms with van der Waals surface area (Å²) >= 11 is 0. The van der Waals surface area contributed by atoms with E-state index >= 15 is 0 Å². The third-order valence-electron chi connectivity index (χ3n) is 4.79. The molecule has 1 saturated heterocycles. The van der Waals surface area contributed by atoms with Crippen molar-refractivity contribution in [3.63, 3.8) is 0 Å². The second-order valence-electron chi connectivity index (χ2n) is 7.02. The van der Waals surface area contributed by atoms with Crippen LogP contribution in [-0.4, -0.2) is 35.4 Å². The molecule has 3 rings (SSSR count). The summed E-state index contributed by atoms with van der Waals surface area (Å²) in [6, 6.07) is 7.98. The van der Waals surface area contributed by atoms with Gasteiger partial charge in [-0.3, -0.25) is 9.59 Å². The number of para-hydroxylation sites is 1. The first-order valence-electron chi connectivity index (χ1n) is 9.66. The van der Waals surface area contributed by atoms with Crippen LogP contribution in [0.2, 0.25) is 0 Å². The maximum absolute atomic E-state index is 12.4. The zero-order chi connectivity index (χ0) is 19.2. The summed E-state index contributed by atoms with van der Waals surface area (Å²) in [7, 11) is 0. The molecule has 0 saturated carbocycles. The van der Waals surface area contributed by atoms with Gasteiger partial charge in [-0.15, -0.1) is 0 Å². The van der Waals surface area contributed by atoms with Crippen molar-refractivity contribution in [1.29, 1.82) is 0 Å². The molecule has 6 heteroatoms. The highest BCUT2D eigenvalue weighted by Gasteiger charge is 2.35. The molecule has 1 N–H and O–H groups in total. The van der Waals surface area contributed by atoms with Gasteiger partial charge >= 0.3 is 11.9 Å². The molecule has 6 nitrogen and oxygen atoms in total. The summed E-state index contributed by atoms with van der Waals surface area (Å²) in [5.74, 6) is -0.628. The zero-order valence-electron chi connectivity index (χ0n) is 15.9. The topological polar surface area (TPSA) is 77.6 Å². The molecular weight excluding hydrogens is 346 g/mol. The minimum atomic E-state index is -0.829. The molecule has 146 valence electrons. The molecule has 0 spiro atoms. The van der Waals surface area contributed by atoms with Crippen molar-refractivity contribution in [3.8, 4) is 0 Å². The maximum atomic E-state index is 12.4. The second kappa shape index (κ2) is 9.04. The predicted octanol–water partition coefficient (Wildman–Crippen LogP) is 3.88. The molecule has 1 fully saturated rings. The number of aromatic amines is 1. The van der Waals surface area contributed by atoms with Crippen molar-refractivity contribution in [3.05, 3.63) is 36.0 Å². The van der Waals surface area contributed by atoms with Crippen molar-refractivity contribution in [2.24, 2.45) is 0 Å². The van der Waals surface area contributed by atoms with Crippen molar-refractivity contribution >= 4 is 22.8 Å². The molecule has 1 aromatic carbocycles. The molecule has 0 amide bonds. The Labute approximate surface area is 159 Å². The fourth-order valence-electron chi connectivity index (χ4n) is 3.33. The van der Waals surface area contributed by atoms with Crippen LogP contribution in [0.4, 0.5) is 0 Å². The van der Waals surface area contributed by atoms with E-state index in [0.717, 1.165) is 29.3 Å². The van der Waals surface area contributed by atoms with Crippen LogP contribution in [-0.2, 0) is 30.2 Å². The normalized spacial score (nSPS) is 22.5. The van der Waals surface area contributed by atoms with E-state index in [2.05, 4.69) is 4.98 Å². The number of hydrogen-bond acceptors (Lipinski definition) is 5. The van der Waals surface area contributed by atoms with Crippen LogP contribution in [0.25, 0.3) is 10.9 Å². The van der Waals surface area contributed by atoms with Crippen LogP contribution in [0.5, 0.6) is 0 Å². The lowest BCUT2D eigenvalue weighted by molar-refractivity contribution is -0.240. The first-order valence-corrected chi connectivity index (χ1v) is 9.66. The zero-order valence-corrected chi connectivity index (χ0v) is 15.9. The van der Waals surface area contributed by atoms with Gasteiger partial charge in [-0.25, -0.2) is 0 Å². The number of aryl methyl sites for hydroxylation is 1. The maximum Gasteiger partial charge on any atom is 0.308 e. The number of fused-ring (bicyclic) bond motifs is 1. The summed E-state index contributed by atoms with van der Waals surface area (Å²) in [5.41, 5.74) is 2.12. The van der Waals surface area contributed by atoms with Crippen LogP contribution >= 0.6 is 0 Å². The van der Waals surface area contributed by atoms with E-state index in [1.54, 1.807) is 0 Å². The molecular formula is C21H27NO5. The van der Waals surface area contributed by atoms with Crippen LogP contribution in [0.3, 0.4) is 0 Å². The smallest absolute Gasteiger partial charge is 0.308 e. The molecule has 3 atom stereocenters. The Kier molecular flexibility index (Phi) is 6.50. The van der Waals surface area contributed by atoms with Crippen LogP contribution in [0.1, 0.15) is 51.5 Å². The van der Waals surface area contributed by atoms with Gasteiger partial charge < -0.3 is 19.2 Å². The standard InChI is InChI=1S/C21H27NO5/c1-3-6-19(23)26-18-11-9-14(2)25-21(18)27-20(24)12-10-15-13-22-17-8-5-4-7-16(15)17/h4-5,7-8,13-14,18,21-22H,3,6,9-12H2,1-2H3/t14-,18-,21+/m0/s1. The van der Waals surface area contributed by atoms with Gasteiger partial charge in [-0.2, -0.15) is 0 Å². The highest BCUT2D eigenvalue weighted by atomic mass is 16.7. The summed E-state index contributed by atoms with van der Waals surface area (Å²) in [4.78, 5) is 27.4. The fourth-order valence-corrected chi connectivity index (χ4v) is 3.33. The third kappa shape index (κ3) is 5.10. The molecule has 27 heavy (non-hydrogen) atoms. The number of H-pyrrole nitrogens is 1. The number of esters is 2. The average Bonchev–Trinajstić information content (AvgIpc) is 3.06. The van der Waals surface area contributed by atoms with E-state index in [4.69, 9.17) is 14.2 Å². The molecule has 1 aliphatic heterocycles. The van der Waals surface area contributed by atoms with Crippen LogP contribution in [0, 0.1) is 0 Å². The number of carbonyl (C=O) groups excluding carboxylic acids is 2. The minimum Gasteiger partial charge on any atom is -0.456 e. The van der Waals surface area contributed by atoms with Gasteiger partial charge in [-0.1, -0.05) is 25.1 Å². The Morgan fingerprint density at radius 3 is 2.74 bits per heavy atom. The van der Waals surface area contributed by atoms with E-state index < -0.39 is 12.4 Å². The van der Waals surface area contributed by atoms with Gasteiger partial charge in [0.05, 0.1) is 6.10 Å². The quantitative estimate of drug-likeness (QED) is 0.745. The average molecular weight is 373 g/mol. The lowest BCUT2D eigenvalue weighted by Gasteiger charge is -2.34. The third-order valence-corrected chi connectivity index (χ3v) is 4.79. The van der Waals surface area contributed by atoms with Crippen molar-refractivity contribution in [2.45, 2.75) is 70.9 Å². The molecule has 0 unspecified atom stereocenters. The molecule has 1 aromatic heterocycles. The number of hydrogen-bond donors (Lipinski definition) is 1. The van der Waals surface area contributed by atoms with Crippen molar-refractivity contribution in [1.82, 2.24) is 4.98 Å². The molecule has 0 radical (unpaired) electrons. The summed E-state index contributed by atoms with van der Waals surface area (Å²) in [5, 5.41) is 1.11. The minimum absolute atomic E-state index is 0.0301. The first kappa shape index (κ1) is 19.4. The van der Waals surface area contributed by atoms with Crippen molar-refractivity contribution < 1.29 is 23.8 Å². The Morgan fingerprint density at radius 1 is 1.15 bits per heavy atom. The summed E-state index contributed by atoms with van der Waals surface area (Å²) in [6.07, 6.45) is 3.83. The van der Waals surface area contributed by atoms with E-state index in [-0.39, 0.29) is 24.5 Å². The molecule has 0 bridgehead atoms. The van der Waals surface area contributed by atoms with Gasteiger partial charge in [0.1, 0.15) is 0 Å². The second-order valence-corrected chi connectivity index (χ2v) is 7.02. The first-order chi connectivity index (χ1) is 13.1. The van der Waals surface area contributed by atoms with Gasteiger partial charge in [0.2, 0.25) is 6.29 Å². The molecule has 2 heterocycles. The van der Waals surface area contributed by atoms with Gasteiger partial charge in [0.15, 0.2) is 6.10 Å². The number of aromatic nitrogens is 1. The SMILES string of the molecule is CCCC(=O)O[C@H]1CC[C@H](C)O[C@@H]1OC(=O)CCc1c[nH]c2ccccc12. The monoisotopic (exact) mass is 373 g/mol. The van der Waals surface area contributed by atoms with Gasteiger partial charge in [0, 0.05) is 29.9 Å². The Balaban J connectivity index is 1.56. The lowest BCUT2D eigenvalue weighted by Crippen LogP contribution is -2.43. The number of ether oxygens (including phenoxy) is 3. The number of rotatable bonds is 7. The van der Waals surface area contributed by atoms with E-state index in [1.807, 2.05) is 44.3 Å². The molecule has 1 aliphatic rings. The van der Waals surface area contributed by atoms with E-state index in [9.17, 15) is 9.59 Å². The van der Waals surface area contributed by atoms with Gasteiger partial charge in [-0.05, 0) is 44.2 Å². The largest absolute Gasteiger partial charge is 0.456 e. The number of nitrogens with one attached hydrogen (secondary N) is 1. The molecule has 0 aliphatic carbocycles. The van der Waals surface area contributed by atoms with Crippen LogP contribution < -0.4 is 0 Å². The Bertz CT molecular complexity index is 784. The van der Waals surface area contributed by atoms with Crippen LogP contribution in [0.15, 0.2) is 30.5 Å². The Hall–Kier alpha value is -2.34. The van der Waals surface area contributed by atoms with Gasteiger partial charge in [0.25, 0.3) is 0 Å². The number of benzene rings is 1. The van der Waals surface area contributed by atoms with Crippen molar-refractivity contribution in [2.75, 3.05) is 0 Å². The predicted molar refractivity (Wildman–Crippen MR) is 101 cm³/mol. The number of carbonyl (C=O) groups is 2. The summed E-state index contributed by atoms with van der Waals surface area (Å²) in [6.45, 7) is 3.85. The lowest BCUT2D eigenvalue weighted by atomic mass is 10.1. The highest BCUT2D eigenvalue weighted by molar-refractivity contribution is 5.83. The Morgan fingerprint density at radius 2 is 1.93 bits per heavy atom.